The second kappa shape index (κ2) is 4.87. The first-order valence-corrected chi connectivity index (χ1v) is 5.58. The van der Waals surface area contributed by atoms with Crippen molar-refractivity contribution in [2.75, 3.05) is 18.5 Å². The highest BCUT2D eigenvalue weighted by Gasteiger charge is 2.15. The average molecular weight is 242 g/mol. The van der Waals surface area contributed by atoms with E-state index in [-0.39, 0.29) is 5.56 Å². The van der Waals surface area contributed by atoms with Crippen LogP contribution in [0.15, 0.2) is 43.0 Å². The number of pyridine rings is 1. The summed E-state index contributed by atoms with van der Waals surface area (Å²) in [4.78, 5) is 17.5. The summed E-state index contributed by atoms with van der Waals surface area (Å²) in [5.41, 5.74) is 0.992. The molecule has 18 heavy (non-hydrogen) atoms. The molecule has 1 heterocycles. The molecule has 0 bridgehead atoms. The number of hydrogen-bond donors (Lipinski definition) is 1. The largest absolute Gasteiger partial charge is 0.478 e. The molecule has 0 aliphatic heterocycles. The quantitative estimate of drug-likeness (QED) is 0.837. The summed E-state index contributed by atoms with van der Waals surface area (Å²) < 4.78 is 0. The Morgan fingerprint density at radius 2 is 2.22 bits per heavy atom. The number of likely N-dealkylation sites (N-methyl/N-ethyl adjacent to an activating group) is 1. The standard InChI is InChI=1S/C14H14N2O2/c1-3-8-16(2)13-11(14(17)18)9-10-6-4-5-7-12(10)15-13/h3-7,9H,1,8H2,2H3,(H,17,18). The molecule has 0 fully saturated rings. The number of carboxylic acid groups (broad SMARTS) is 1. The van der Waals surface area contributed by atoms with Crippen molar-refractivity contribution in [3.05, 3.63) is 48.6 Å². The Bertz CT molecular complexity index is 608. The van der Waals surface area contributed by atoms with Crippen LogP contribution in [0, 0.1) is 0 Å². The monoisotopic (exact) mass is 242 g/mol. The van der Waals surface area contributed by atoms with Gasteiger partial charge in [-0.2, -0.15) is 0 Å². The maximum absolute atomic E-state index is 11.3. The van der Waals surface area contributed by atoms with Gasteiger partial charge < -0.3 is 10.0 Å². The molecule has 0 radical (unpaired) electrons. The highest BCUT2D eigenvalue weighted by Crippen LogP contribution is 2.22. The van der Waals surface area contributed by atoms with Crippen molar-refractivity contribution in [2.24, 2.45) is 0 Å². The summed E-state index contributed by atoms with van der Waals surface area (Å²) in [6.07, 6.45) is 1.71. The number of carbonyl (C=O) groups is 1. The number of anilines is 1. The summed E-state index contributed by atoms with van der Waals surface area (Å²) in [7, 11) is 1.80. The minimum absolute atomic E-state index is 0.207. The van der Waals surface area contributed by atoms with Crippen molar-refractivity contribution in [3.63, 3.8) is 0 Å². The fourth-order valence-electron chi connectivity index (χ4n) is 1.83. The fourth-order valence-corrected chi connectivity index (χ4v) is 1.83. The minimum Gasteiger partial charge on any atom is -0.478 e. The topological polar surface area (TPSA) is 53.4 Å². The van der Waals surface area contributed by atoms with E-state index in [4.69, 9.17) is 0 Å². The zero-order valence-electron chi connectivity index (χ0n) is 10.1. The number of aromatic nitrogens is 1. The highest BCUT2D eigenvalue weighted by molar-refractivity contribution is 5.98. The molecule has 2 rings (SSSR count). The van der Waals surface area contributed by atoms with Crippen molar-refractivity contribution >= 4 is 22.7 Å². The number of carboxylic acids is 1. The number of aromatic carboxylic acids is 1. The fraction of sp³-hybridized carbons (Fsp3) is 0.143. The number of fused-ring (bicyclic) bond motifs is 1. The van der Waals surface area contributed by atoms with Gasteiger partial charge in [-0.05, 0) is 12.1 Å². The van der Waals surface area contributed by atoms with Gasteiger partial charge in [0.2, 0.25) is 0 Å². The van der Waals surface area contributed by atoms with Crippen molar-refractivity contribution in [1.82, 2.24) is 4.98 Å². The number of para-hydroxylation sites is 1. The van der Waals surface area contributed by atoms with Gasteiger partial charge in [0.15, 0.2) is 0 Å². The lowest BCUT2D eigenvalue weighted by atomic mass is 10.1. The number of rotatable bonds is 4. The summed E-state index contributed by atoms with van der Waals surface area (Å²) in [5, 5.41) is 10.1. The molecular weight excluding hydrogens is 228 g/mol. The van der Waals surface area contributed by atoms with E-state index in [9.17, 15) is 9.90 Å². The molecule has 0 saturated heterocycles. The number of benzene rings is 1. The van der Waals surface area contributed by atoms with Crippen LogP contribution in [0.3, 0.4) is 0 Å². The Hall–Kier alpha value is -2.36. The SMILES string of the molecule is C=CCN(C)c1nc2ccccc2cc1C(=O)O. The van der Waals surface area contributed by atoms with Crippen molar-refractivity contribution in [1.29, 1.82) is 0 Å². The molecule has 0 amide bonds. The third-order valence-electron chi connectivity index (χ3n) is 2.70. The van der Waals surface area contributed by atoms with Crippen LogP contribution >= 0.6 is 0 Å². The van der Waals surface area contributed by atoms with Gasteiger partial charge in [0.1, 0.15) is 11.4 Å². The first kappa shape index (κ1) is 12.1. The first-order valence-electron chi connectivity index (χ1n) is 5.58. The second-order valence-corrected chi connectivity index (χ2v) is 4.03. The lowest BCUT2D eigenvalue weighted by Gasteiger charge is -2.18. The smallest absolute Gasteiger partial charge is 0.339 e. The van der Waals surface area contributed by atoms with Gasteiger partial charge >= 0.3 is 5.97 Å². The minimum atomic E-state index is -0.973. The third kappa shape index (κ3) is 2.18. The molecule has 0 aliphatic carbocycles. The van der Waals surface area contributed by atoms with Crippen LogP contribution in [0.4, 0.5) is 5.82 Å². The Morgan fingerprint density at radius 3 is 2.89 bits per heavy atom. The van der Waals surface area contributed by atoms with Crippen LogP contribution in [0.25, 0.3) is 10.9 Å². The molecule has 1 N–H and O–H groups in total. The number of nitrogens with zero attached hydrogens (tertiary/aromatic N) is 2. The molecule has 0 spiro atoms. The molecule has 4 nitrogen and oxygen atoms in total. The predicted octanol–water partition coefficient (Wildman–Crippen LogP) is 2.56. The van der Waals surface area contributed by atoms with Crippen LogP contribution in [-0.2, 0) is 0 Å². The highest BCUT2D eigenvalue weighted by atomic mass is 16.4. The van der Waals surface area contributed by atoms with E-state index in [0.29, 0.717) is 12.4 Å². The van der Waals surface area contributed by atoms with E-state index in [1.165, 1.54) is 0 Å². The van der Waals surface area contributed by atoms with Gasteiger partial charge in [-0.1, -0.05) is 24.3 Å². The van der Waals surface area contributed by atoms with Crippen LogP contribution in [-0.4, -0.2) is 29.7 Å². The van der Waals surface area contributed by atoms with E-state index in [2.05, 4.69) is 11.6 Å². The van der Waals surface area contributed by atoms with Crippen LogP contribution in [0.1, 0.15) is 10.4 Å². The van der Waals surface area contributed by atoms with Gasteiger partial charge in [-0.3, -0.25) is 0 Å². The second-order valence-electron chi connectivity index (χ2n) is 4.03. The molecule has 2 aromatic rings. The van der Waals surface area contributed by atoms with E-state index < -0.39 is 5.97 Å². The summed E-state index contributed by atoms with van der Waals surface area (Å²) in [6.45, 7) is 4.19. The van der Waals surface area contributed by atoms with Crippen molar-refractivity contribution < 1.29 is 9.90 Å². The van der Waals surface area contributed by atoms with E-state index in [1.807, 2.05) is 24.3 Å². The van der Waals surface area contributed by atoms with E-state index >= 15 is 0 Å². The Kier molecular flexibility index (Phi) is 3.28. The molecule has 1 aromatic carbocycles. The van der Waals surface area contributed by atoms with Gasteiger partial charge in [-0.15, -0.1) is 6.58 Å². The van der Waals surface area contributed by atoms with Crippen molar-refractivity contribution in [3.8, 4) is 0 Å². The molecule has 0 aliphatic rings. The van der Waals surface area contributed by atoms with Crippen LogP contribution in [0.5, 0.6) is 0 Å². The summed E-state index contributed by atoms with van der Waals surface area (Å²) in [6, 6.07) is 9.12. The Labute approximate surface area is 105 Å². The zero-order valence-corrected chi connectivity index (χ0v) is 10.1. The van der Waals surface area contributed by atoms with E-state index in [0.717, 1.165) is 10.9 Å². The Morgan fingerprint density at radius 1 is 1.50 bits per heavy atom. The van der Waals surface area contributed by atoms with Crippen LogP contribution < -0.4 is 4.90 Å². The van der Waals surface area contributed by atoms with Gasteiger partial charge in [0.05, 0.1) is 5.52 Å². The normalized spacial score (nSPS) is 10.3. The van der Waals surface area contributed by atoms with Gasteiger partial charge in [0.25, 0.3) is 0 Å². The Balaban J connectivity index is 2.64. The third-order valence-corrected chi connectivity index (χ3v) is 2.70. The summed E-state index contributed by atoms with van der Waals surface area (Å²) in [5.74, 6) is -0.514. The summed E-state index contributed by atoms with van der Waals surface area (Å²) >= 11 is 0. The van der Waals surface area contributed by atoms with Crippen molar-refractivity contribution in [2.45, 2.75) is 0 Å². The average Bonchev–Trinajstić information content (AvgIpc) is 2.37. The molecule has 0 saturated carbocycles. The molecule has 4 heteroatoms. The molecule has 1 aromatic heterocycles. The van der Waals surface area contributed by atoms with Crippen LogP contribution in [0.2, 0.25) is 0 Å². The predicted molar refractivity (Wildman–Crippen MR) is 72.2 cm³/mol. The lowest BCUT2D eigenvalue weighted by Crippen LogP contribution is -2.21. The van der Waals surface area contributed by atoms with E-state index in [1.54, 1.807) is 24.1 Å². The lowest BCUT2D eigenvalue weighted by molar-refractivity contribution is 0.0697. The van der Waals surface area contributed by atoms with Gasteiger partial charge in [-0.25, -0.2) is 9.78 Å². The zero-order chi connectivity index (χ0) is 13.1. The maximum atomic E-state index is 11.3. The molecule has 0 unspecified atom stereocenters. The van der Waals surface area contributed by atoms with Gasteiger partial charge in [0, 0.05) is 19.0 Å². The number of hydrogen-bond acceptors (Lipinski definition) is 3. The molecule has 0 atom stereocenters. The molecular formula is C14H14N2O2. The maximum Gasteiger partial charge on any atom is 0.339 e. The molecule has 92 valence electrons. The first-order chi connectivity index (χ1) is 8.63.